The van der Waals surface area contributed by atoms with E-state index in [0.29, 0.717) is 46.5 Å². The van der Waals surface area contributed by atoms with Gasteiger partial charge in [-0.1, -0.05) is 6.07 Å². The summed E-state index contributed by atoms with van der Waals surface area (Å²) in [5.74, 6) is 2.40. The maximum absolute atomic E-state index is 13.2. The summed E-state index contributed by atoms with van der Waals surface area (Å²) < 4.78 is 32.7. The molecule has 1 aliphatic rings. The quantitative estimate of drug-likeness (QED) is 0.721. The number of carbonyl (C=O) groups excluding carboxylic acids is 1. The van der Waals surface area contributed by atoms with Crippen LogP contribution in [-0.2, 0) is 6.42 Å². The second kappa shape index (κ2) is 8.29. The average Bonchev–Trinajstić information content (AvgIpc) is 2.73. The van der Waals surface area contributed by atoms with Crippen LogP contribution in [0, 0.1) is 5.92 Å². The molecule has 0 aliphatic carbocycles. The van der Waals surface area contributed by atoms with E-state index in [1.165, 1.54) is 21.3 Å². The van der Waals surface area contributed by atoms with Gasteiger partial charge < -0.3 is 28.4 Å². The highest BCUT2D eigenvalue weighted by atomic mass is 16.5. The number of benzene rings is 2. The lowest BCUT2D eigenvalue weighted by molar-refractivity contribution is 0.0824. The Morgan fingerprint density at radius 3 is 2.14 bits per heavy atom. The topological polar surface area (TPSA) is 72.5 Å². The third kappa shape index (κ3) is 3.40. The molecule has 1 heterocycles. The van der Waals surface area contributed by atoms with Crippen molar-refractivity contribution in [1.29, 1.82) is 0 Å². The Hall–Kier alpha value is -3.09. The SMILES string of the molecule is COc1ccc(CC2COc3cc(OC)c(OC)c(OC)c3C2=O)cc1OC. The summed E-state index contributed by atoms with van der Waals surface area (Å²) in [5, 5.41) is 0. The summed E-state index contributed by atoms with van der Waals surface area (Å²) >= 11 is 0. The highest BCUT2D eigenvalue weighted by Gasteiger charge is 2.35. The summed E-state index contributed by atoms with van der Waals surface area (Å²) in [4.78, 5) is 13.2. The Morgan fingerprint density at radius 2 is 1.54 bits per heavy atom. The van der Waals surface area contributed by atoms with Crippen LogP contribution in [0.5, 0.6) is 34.5 Å². The molecule has 7 heteroatoms. The molecular formula is C21H24O7. The first-order chi connectivity index (χ1) is 13.6. The molecule has 0 aromatic heterocycles. The summed E-state index contributed by atoms with van der Waals surface area (Å²) in [7, 11) is 7.68. The second-order valence-electron chi connectivity index (χ2n) is 6.28. The fourth-order valence-electron chi connectivity index (χ4n) is 3.39. The molecule has 0 saturated carbocycles. The van der Waals surface area contributed by atoms with E-state index in [-0.39, 0.29) is 18.3 Å². The average molecular weight is 388 g/mol. The van der Waals surface area contributed by atoms with Crippen molar-refractivity contribution in [2.24, 2.45) is 5.92 Å². The molecule has 7 nitrogen and oxygen atoms in total. The monoisotopic (exact) mass is 388 g/mol. The van der Waals surface area contributed by atoms with E-state index in [4.69, 9.17) is 28.4 Å². The van der Waals surface area contributed by atoms with Crippen molar-refractivity contribution in [3.8, 4) is 34.5 Å². The number of methoxy groups -OCH3 is 5. The molecule has 28 heavy (non-hydrogen) atoms. The third-order valence-electron chi connectivity index (χ3n) is 4.78. The Kier molecular flexibility index (Phi) is 5.82. The minimum absolute atomic E-state index is 0.0613. The number of fused-ring (bicyclic) bond motifs is 1. The van der Waals surface area contributed by atoms with Gasteiger partial charge in [-0.25, -0.2) is 0 Å². The molecule has 1 unspecified atom stereocenters. The van der Waals surface area contributed by atoms with Crippen LogP contribution in [0.1, 0.15) is 15.9 Å². The van der Waals surface area contributed by atoms with Crippen LogP contribution >= 0.6 is 0 Å². The van der Waals surface area contributed by atoms with Crippen molar-refractivity contribution >= 4 is 5.78 Å². The number of ketones is 1. The molecule has 2 aromatic rings. The van der Waals surface area contributed by atoms with Gasteiger partial charge in [0.1, 0.15) is 11.3 Å². The zero-order valence-corrected chi connectivity index (χ0v) is 16.7. The Bertz CT molecular complexity index is 876. The molecular weight excluding hydrogens is 364 g/mol. The maximum Gasteiger partial charge on any atom is 0.204 e. The second-order valence-corrected chi connectivity index (χ2v) is 6.28. The van der Waals surface area contributed by atoms with Crippen molar-refractivity contribution in [1.82, 2.24) is 0 Å². The largest absolute Gasteiger partial charge is 0.493 e. The zero-order chi connectivity index (χ0) is 20.3. The smallest absolute Gasteiger partial charge is 0.204 e. The molecule has 150 valence electrons. The van der Waals surface area contributed by atoms with Gasteiger partial charge >= 0.3 is 0 Å². The van der Waals surface area contributed by atoms with Crippen LogP contribution < -0.4 is 28.4 Å². The molecule has 0 spiro atoms. The van der Waals surface area contributed by atoms with E-state index < -0.39 is 0 Å². The van der Waals surface area contributed by atoms with E-state index in [9.17, 15) is 4.79 Å². The van der Waals surface area contributed by atoms with Crippen LogP contribution in [0.25, 0.3) is 0 Å². The summed E-state index contributed by atoms with van der Waals surface area (Å²) in [5.41, 5.74) is 1.32. The first kappa shape index (κ1) is 19.7. The van der Waals surface area contributed by atoms with Gasteiger partial charge in [0, 0.05) is 6.07 Å². The molecule has 0 amide bonds. The number of hydrogen-bond donors (Lipinski definition) is 0. The van der Waals surface area contributed by atoms with Crippen molar-refractivity contribution < 1.29 is 33.2 Å². The lowest BCUT2D eigenvalue weighted by Gasteiger charge is -2.27. The predicted octanol–water partition coefficient (Wildman–Crippen LogP) is 3.16. The lowest BCUT2D eigenvalue weighted by atomic mass is 9.88. The number of hydrogen-bond acceptors (Lipinski definition) is 7. The van der Waals surface area contributed by atoms with Crippen molar-refractivity contribution in [2.45, 2.75) is 6.42 Å². The van der Waals surface area contributed by atoms with E-state index >= 15 is 0 Å². The minimum Gasteiger partial charge on any atom is -0.493 e. The van der Waals surface area contributed by atoms with Gasteiger partial charge in [-0.05, 0) is 24.1 Å². The number of Topliss-reactive ketones (excluding diaryl/α,β-unsaturated/α-hetero) is 1. The molecule has 2 aromatic carbocycles. The predicted molar refractivity (Wildman–Crippen MR) is 103 cm³/mol. The Labute approximate surface area is 164 Å². The van der Waals surface area contributed by atoms with Gasteiger partial charge in [-0.3, -0.25) is 4.79 Å². The minimum atomic E-state index is -0.363. The third-order valence-corrected chi connectivity index (χ3v) is 4.78. The van der Waals surface area contributed by atoms with E-state index in [2.05, 4.69) is 0 Å². The highest BCUT2D eigenvalue weighted by molar-refractivity contribution is 6.05. The van der Waals surface area contributed by atoms with Gasteiger partial charge in [0.05, 0.1) is 48.1 Å². The van der Waals surface area contributed by atoms with Crippen molar-refractivity contribution in [2.75, 3.05) is 42.2 Å². The summed E-state index contributed by atoms with van der Waals surface area (Å²) in [6.07, 6.45) is 0.496. The van der Waals surface area contributed by atoms with Crippen LogP contribution in [0.4, 0.5) is 0 Å². The molecule has 0 N–H and O–H groups in total. The van der Waals surface area contributed by atoms with Gasteiger partial charge in [-0.2, -0.15) is 0 Å². The van der Waals surface area contributed by atoms with Crippen molar-refractivity contribution in [3.63, 3.8) is 0 Å². The van der Waals surface area contributed by atoms with E-state index in [1.807, 2.05) is 18.2 Å². The first-order valence-electron chi connectivity index (χ1n) is 8.78. The van der Waals surface area contributed by atoms with Gasteiger partial charge in [0.25, 0.3) is 0 Å². The lowest BCUT2D eigenvalue weighted by Crippen LogP contribution is -2.30. The highest BCUT2D eigenvalue weighted by Crippen LogP contribution is 2.47. The zero-order valence-electron chi connectivity index (χ0n) is 16.7. The first-order valence-corrected chi connectivity index (χ1v) is 8.78. The molecule has 0 bridgehead atoms. The molecule has 0 fully saturated rings. The van der Waals surface area contributed by atoms with Gasteiger partial charge in [0.2, 0.25) is 5.75 Å². The van der Waals surface area contributed by atoms with E-state index in [1.54, 1.807) is 20.3 Å². The molecule has 3 rings (SSSR count). The molecule has 0 radical (unpaired) electrons. The van der Waals surface area contributed by atoms with Crippen LogP contribution in [0.3, 0.4) is 0 Å². The molecule has 1 aliphatic heterocycles. The number of ether oxygens (including phenoxy) is 6. The van der Waals surface area contributed by atoms with Gasteiger partial charge in [-0.15, -0.1) is 0 Å². The Morgan fingerprint density at radius 1 is 0.857 bits per heavy atom. The normalized spacial score (nSPS) is 15.3. The Balaban J connectivity index is 1.94. The maximum atomic E-state index is 13.2. The molecule has 0 saturated heterocycles. The summed E-state index contributed by atoms with van der Waals surface area (Å²) in [6.45, 7) is 0.263. The number of rotatable bonds is 7. The van der Waals surface area contributed by atoms with Crippen molar-refractivity contribution in [3.05, 3.63) is 35.4 Å². The van der Waals surface area contributed by atoms with Crippen LogP contribution in [-0.4, -0.2) is 47.9 Å². The summed E-state index contributed by atoms with van der Waals surface area (Å²) in [6, 6.07) is 7.26. The molecule has 1 atom stereocenters. The van der Waals surface area contributed by atoms with E-state index in [0.717, 1.165) is 5.56 Å². The van der Waals surface area contributed by atoms with Crippen LogP contribution in [0.15, 0.2) is 24.3 Å². The number of carbonyl (C=O) groups is 1. The van der Waals surface area contributed by atoms with Crippen LogP contribution in [0.2, 0.25) is 0 Å². The fraction of sp³-hybridized carbons (Fsp3) is 0.381. The standard InChI is InChI=1S/C21H24O7/c1-23-14-7-6-12(9-15(14)24-2)8-13-11-28-16-10-17(25-3)20(26-4)21(27-5)18(16)19(13)22/h6-7,9-10,13H,8,11H2,1-5H3. The van der Waals surface area contributed by atoms with Gasteiger partial charge in [0.15, 0.2) is 28.8 Å². The fourth-order valence-corrected chi connectivity index (χ4v) is 3.39.